The molecule has 0 aromatic carbocycles. The summed E-state index contributed by atoms with van der Waals surface area (Å²) in [4.78, 5) is 16.4. The van der Waals surface area contributed by atoms with Crippen molar-refractivity contribution < 1.29 is 4.79 Å². The number of aromatic nitrogens is 1. The van der Waals surface area contributed by atoms with E-state index in [1.807, 2.05) is 6.92 Å². The van der Waals surface area contributed by atoms with Crippen molar-refractivity contribution in [2.24, 2.45) is 0 Å². The van der Waals surface area contributed by atoms with Gasteiger partial charge in [0.2, 0.25) is 5.91 Å². The largest absolute Gasteiger partial charge is 0.351 e. The lowest BCUT2D eigenvalue weighted by molar-refractivity contribution is -0.121. The van der Waals surface area contributed by atoms with Crippen molar-refractivity contribution >= 4 is 28.8 Å². The SMILES string of the molecule is Cc1ncc(CNC(=O)CCCCl)s1. The van der Waals surface area contributed by atoms with Crippen LogP contribution in [0.25, 0.3) is 0 Å². The Morgan fingerprint density at radius 3 is 3.07 bits per heavy atom. The average molecular weight is 233 g/mol. The Kier molecular flexibility index (Phi) is 4.90. The molecule has 14 heavy (non-hydrogen) atoms. The van der Waals surface area contributed by atoms with E-state index >= 15 is 0 Å². The van der Waals surface area contributed by atoms with Gasteiger partial charge in [-0.3, -0.25) is 4.79 Å². The van der Waals surface area contributed by atoms with E-state index in [2.05, 4.69) is 10.3 Å². The number of hydrogen-bond donors (Lipinski definition) is 1. The summed E-state index contributed by atoms with van der Waals surface area (Å²) in [6.07, 6.45) is 3.03. The molecule has 0 saturated carbocycles. The van der Waals surface area contributed by atoms with Crippen LogP contribution in [0.3, 0.4) is 0 Å². The molecule has 1 N–H and O–H groups in total. The topological polar surface area (TPSA) is 42.0 Å². The first-order chi connectivity index (χ1) is 6.72. The van der Waals surface area contributed by atoms with Gasteiger partial charge in [0.05, 0.1) is 11.6 Å². The summed E-state index contributed by atoms with van der Waals surface area (Å²) in [6.45, 7) is 2.52. The molecule has 1 rings (SSSR count). The fourth-order valence-corrected chi connectivity index (χ4v) is 1.86. The van der Waals surface area contributed by atoms with E-state index in [4.69, 9.17) is 11.6 Å². The van der Waals surface area contributed by atoms with Crippen molar-refractivity contribution in [3.8, 4) is 0 Å². The first kappa shape index (κ1) is 11.5. The van der Waals surface area contributed by atoms with Crippen molar-refractivity contribution in [2.75, 3.05) is 5.88 Å². The van der Waals surface area contributed by atoms with Crippen molar-refractivity contribution in [2.45, 2.75) is 26.3 Å². The molecule has 1 amide bonds. The van der Waals surface area contributed by atoms with Gasteiger partial charge in [-0.05, 0) is 13.3 Å². The van der Waals surface area contributed by atoms with Crippen molar-refractivity contribution in [1.29, 1.82) is 0 Å². The van der Waals surface area contributed by atoms with Gasteiger partial charge in [-0.15, -0.1) is 22.9 Å². The molecule has 0 atom stereocenters. The second-order valence-corrected chi connectivity index (χ2v) is 4.61. The molecule has 78 valence electrons. The lowest BCUT2D eigenvalue weighted by Crippen LogP contribution is -2.21. The Morgan fingerprint density at radius 2 is 2.50 bits per heavy atom. The number of hydrogen-bond acceptors (Lipinski definition) is 3. The van der Waals surface area contributed by atoms with E-state index in [0.717, 1.165) is 16.3 Å². The van der Waals surface area contributed by atoms with Gasteiger partial charge < -0.3 is 5.32 Å². The van der Waals surface area contributed by atoms with Crippen LogP contribution in [-0.4, -0.2) is 16.8 Å². The van der Waals surface area contributed by atoms with E-state index in [1.165, 1.54) is 0 Å². The van der Waals surface area contributed by atoms with Gasteiger partial charge in [-0.2, -0.15) is 0 Å². The minimum absolute atomic E-state index is 0.0525. The average Bonchev–Trinajstić information content (AvgIpc) is 2.58. The van der Waals surface area contributed by atoms with Crippen molar-refractivity contribution in [1.82, 2.24) is 10.3 Å². The Hall–Kier alpha value is -0.610. The fourth-order valence-electron chi connectivity index (χ4n) is 0.989. The highest BCUT2D eigenvalue weighted by atomic mass is 35.5. The molecule has 0 radical (unpaired) electrons. The predicted molar refractivity (Wildman–Crippen MR) is 58.7 cm³/mol. The lowest BCUT2D eigenvalue weighted by atomic mass is 10.3. The quantitative estimate of drug-likeness (QED) is 0.790. The van der Waals surface area contributed by atoms with Crippen LogP contribution in [-0.2, 0) is 11.3 Å². The first-order valence-electron chi connectivity index (χ1n) is 4.46. The van der Waals surface area contributed by atoms with E-state index in [1.54, 1.807) is 17.5 Å². The Bertz CT molecular complexity index is 301. The third-order valence-electron chi connectivity index (χ3n) is 1.67. The van der Waals surface area contributed by atoms with Gasteiger partial charge >= 0.3 is 0 Å². The fraction of sp³-hybridized carbons (Fsp3) is 0.556. The van der Waals surface area contributed by atoms with E-state index in [9.17, 15) is 4.79 Å². The molecule has 3 nitrogen and oxygen atoms in total. The molecular weight excluding hydrogens is 220 g/mol. The van der Waals surface area contributed by atoms with Crippen LogP contribution in [0.1, 0.15) is 22.7 Å². The zero-order chi connectivity index (χ0) is 10.4. The van der Waals surface area contributed by atoms with Gasteiger partial charge in [0.1, 0.15) is 0 Å². The molecule has 0 aliphatic heterocycles. The van der Waals surface area contributed by atoms with Crippen LogP contribution in [0.5, 0.6) is 0 Å². The Balaban J connectivity index is 2.23. The van der Waals surface area contributed by atoms with Crippen LogP contribution in [0.4, 0.5) is 0 Å². The number of halogens is 1. The van der Waals surface area contributed by atoms with Crippen LogP contribution in [0.15, 0.2) is 6.20 Å². The summed E-state index contributed by atoms with van der Waals surface area (Å²) >= 11 is 7.08. The second kappa shape index (κ2) is 5.98. The minimum Gasteiger partial charge on any atom is -0.351 e. The maximum atomic E-state index is 11.2. The highest BCUT2D eigenvalue weighted by Crippen LogP contribution is 2.10. The summed E-state index contributed by atoms with van der Waals surface area (Å²) in [6, 6.07) is 0. The molecule has 1 heterocycles. The predicted octanol–water partition coefficient (Wildman–Crippen LogP) is 2.09. The molecular formula is C9H13ClN2OS. The molecule has 0 saturated heterocycles. The summed E-state index contributed by atoms with van der Waals surface area (Å²) in [5, 5.41) is 3.84. The maximum Gasteiger partial charge on any atom is 0.220 e. The summed E-state index contributed by atoms with van der Waals surface area (Å²) in [7, 11) is 0. The molecule has 0 bridgehead atoms. The van der Waals surface area contributed by atoms with Gasteiger partial charge in [-0.25, -0.2) is 4.98 Å². The van der Waals surface area contributed by atoms with Crippen LogP contribution >= 0.6 is 22.9 Å². The highest BCUT2D eigenvalue weighted by Gasteiger charge is 2.02. The normalized spacial score (nSPS) is 10.1. The van der Waals surface area contributed by atoms with Crippen LogP contribution in [0.2, 0.25) is 0 Å². The van der Waals surface area contributed by atoms with Crippen LogP contribution < -0.4 is 5.32 Å². The number of amides is 1. The molecule has 1 aromatic rings. The number of aryl methyl sites for hydroxylation is 1. The molecule has 0 fully saturated rings. The number of nitrogens with zero attached hydrogens (tertiary/aromatic N) is 1. The smallest absolute Gasteiger partial charge is 0.220 e. The minimum atomic E-state index is 0.0525. The standard InChI is InChI=1S/C9H13ClN2OS/c1-7-11-5-8(14-7)6-12-9(13)3-2-4-10/h5H,2-4,6H2,1H3,(H,12,13). The van der Waals surface area contributed by atoms with Gasteiger partial charge in [0.15, 0.2) is 0 Å². The zero-order valence-electron chi connectivity index (χ0n) is 8.05. The van der Waals surface area contributed by atoms with E-state index in [0.29, 0.717) is 18.8 Å². The lowest BCUT2D eigenvalue weighted by Gasteiger charge is -2.01. The third kappa shape index (κ3) is 4.07. The number of thiazole rings is 1. The Morgan fingerprint density at radius 1 is 1.71 bits per heavy atom. The monoisotopic (exact) mass is 232 g/mol. The Labute approximate surface area is 92.5 Å². The van der Waals surface area contributed by atoms with Crippen molar-refractivity contribution in [3.63, 3.8) is 0 Å². The molecule has 0 spiro atoms. The number of carbonyl (C=O) groups excluding carboxylic acids is 1. The molecule has 0 aliphatic rings. The number of carbonyl (C=O) groups is 1. The first-order valence-corrected chi connectivity index (χ1v) is 5.81. The molecule has 0 unspecified atom stereocenters. The van der Waals surface area contributed by atoms with Crippen LogP contribution in [0, 0.1) is 6.92 Å². The number of nitrogens with one attached hydrogen (secondary N) is 1. The summed E-state index contributed by atoms with van der Waals surface area (Å²) < 4.78 is 0. The van der Waals surface area contributed by atoms with E-state index in [-0.39, 0.29) is 5.91 Å². The highest BCUT2D eigenvalue weighted by molar-refractivity contribution is 7.11. The second-order valence-electron chi connectivity index (χ2n) is 2.91. The third-order valence-corrected chi connectivity index (χ3v) is 2.85. The zero-order valence-corrected chi connectivity index (χ0v) is 9.62. The van der Waals surface area contributed by atoms with E-state index < -0.39 is 0 Å². The molecule has 1 aromatic heterocycles. The summed E-state index contributed by atoms with van der Waals surface area (Å²) in [5.41, 5.74) is 0. The molecule has 5 heteroatoms. The van der Waals surface area contributed by atoms with Gasteiger partial charge in [0, 0.05) is 23.4 Å². The molecule has 0 aliphatic carbocycles. The van der Waals surface area contributed by atoms with Gasteiger partial charge in [0.25, 0.3) is 0 Å². The van der Waals surface area contributed by atoms with Gasteiger partial charge in [-0.1, -0.05) is 0 Å². The maximum absolute atomic E-state index is 11.2. The summed E-state index contributed by atoms with van der Waals surface area (Å²) in [5.74, 6) is 0.587. The number of alkyl halides is 1. The number of rotatable bonds is 5. The van der Waals surface area contributed by atoms with Crippen molar-refractivity contribution in [3.05, 3.63) is 16.1 Å².